The zero-order valence-corrected chi connectivity index (χ0v) is 12.2. The van der Waals surface area contributed by atoms with Gasteiger partial charge in [-0.1, -0.05) is 35.9 Å². The van der Waals surface area contributed by atoms with Gasteiger partial charge in [0.15, 0.2) is 5.78 Å². The number of rotatable bonds is 5. The quantitative estimate of drug-likeness (QED) is 0.856. The summed E-state index contributed by atoms with van der Waals surface area (Å²) in [5, 5.41) is 2.70. The van der Waals surface area contributed by atoms with Crippen molar-refractivity contribution >= 4 is 17.5 Å². The number of benzene rings is 1. The molecule has 1 aromatic carbocycles. The molecule has 1 amide bonds. The van der Waals surface area contributed by atoms with Gasteiger partial charge in [-0.05, 0) is 26.0 Å². The Morgan fingerprint density at radius 3 is 2.38 bits per heavy atom. The van der Waals surface area contributed by atoms with Crippen LogP contribution < -0.4 is 5.32 Å². The van der Waals surface area contributed by atoms with Crippen molar-refractivity contribution < 1.29 is 9.59 Å². The van der Waals surface area contributed by atoms with E-state index in [1.165, 1.54) is 0 Å². The van der Waals surface area contributed by atoms with Crippen LogP contribution in [0.4, 0.5) is 5.82 Å². The van der Waals surface area contributed by atoms with E-state index in [2.05, 4.69) is 10.3 Å². The fourth-order valence-corrected chi connectivity index (χ4v) is 1.93. The van der Waals surface area contributed by atoms with Gasteiger partial charge in [0.25, 0.3) is 0 Å². The van der Waals surface area contributed by atoms with Crippen molar-refractivity contribution in [3.63, 3.8) is 0 Å². The smallest absolute Gasteiger partial charge is 0.225 e. The van der Waals surface area contributed by atoms with E-state index < -0.39 is 0 Å². The number of nitrogens with one attached hydrogen (secondary N) is 1. The summed E-state index contributed by atoms with van der Waals surface area (Å²) in [5.41, 5.74) is 2.58. The van der Waals surface area contributed by atoms with E-state index in [1.807, 2.05) is 38.1 Å². The highest BCUT2D eigenvalue weighted by Gasteiger charge is 2.09. The highest BCUT2D eigenvalue weighted by atomic mass is 16.2. The largest absolute Gasteiger partial charge is 0.311 e. The molecule has 0 aliphatic carbocycles. The van der Waals surface area contributed by atoms with Gasteiger partial charge < -0.3 is 5.32 Å². The highest BCUT2D eigenvalue weighted by Crippen LogP contribution is 2.09. The van der Waals surface area contributed by atoms with Gasteiger partial charge in [-0.15, -0.1) is 0 Å². The fourth-order valence-electron chi connectivity index (χ4n) is 1.93. The summed E-state index contributed by atoms with van der Waals surface area (Å²) < 4.78 is 0. The monoisotopic (exact) mass is 282 g/mol. The number of carbonyl (C=O) groups is 2. The Hall–Kier alpha value is -2.49. The Labute approximate surface area is 124 Å². The third kappa shape index (κ3) is 4.53. The predicted octanol–water partition coefficient (Wildman–Crippen LogP) is 3.30. The lowest BCUT2D eigenvalue weighted by Gasteiger charge is -2.05. The number of amides is 1. The molecule has 2 rings (SSSR count). The zero-order chi connectivity index (χ0) is 15.2. The van der Waals surface area contributed by atoms with Crippen LogP contribution in [0.15, 0.2) is 42.5 Å². The Morgan fingerprint density at radius 2 is 1.71 bits per heavy atom. The topological polar surface area (TPSA) is 59.1 Å². The number of pyridine rings is 1. The van der Waals surface area contributed by atoms with Crippen LogP contribution in [0.2, 0.25) is 0 Å². The molecule has 0 atom stereocenters. The van der Waals surface area contributed by atoms with Gasteiger partial charge in [-0.2, -0.15) is 0 Å². The van der Waals surface area contributed by atoms with Crippen molar-refractivity contribution in [3.8, 4) is 0 Å². The van der Waals surface area contributed by atoms with Crippen LogP contribution in [-0.4, -0.2) is 16.7 Å². The molecule has 0 saturated carbocycles. The minimum atomic E-state index is -0.200. The number of ketones is 1. The molecule has 4 nitrogen and oxygen atoms in total. The first-order chi connectivity index (χ1) is 10.0. The molecule has 1 N–H and O–H groups in total. The summed E-state index contributed by atoms with van der Waals surface area (Å²) in [7, 11) is 0. The molecule has 0 aliphatic heterocycles. The van der Waals surface area contributed by atoms with Crippen LogP contribution in [0, 0.1) is 13.8 Å². The Bertz CT molecular complexity index is 648. The van der Waals surface area contributed by atoms with E-state index >= 15 is 0 Å². The lowest BCUT2D eigenvalue weighted by Crippen LogP contribution is -2.14. The van der Waals surface area contributed by atoms with Crippen molar-refractivity contribution in [3.05, 3.63) is 59.3 Å². The maximum Gasteiger partial charge on any atom is 0.225 e. The molecular weight excluding hydrogens is 264 g/mol. The van der Waals surface area contributed by atoms with E-state index in [-0.39, 0.29) is 24.5 Å². The third-order valence-corrected chi connectivity index (χ3v) is 3.11. The average Bonchev–Trinajstić information content (AvgIpc) is 2.45. The van der Waals surface area contributed by atoms with Crippen molar-refractivity contribution in [1.29, 1.82) is 0 Å². The second-order valence-corrected chi connectivity index (χ2v) is 5.00. The lowest BCUT2D eigenvalue weighted by atomic mass is 10.1. The predicted molar refractivity (Wildman–Crippen MR) is 82.3 cm³/mol. The molecule has 1 aromatic heterocycles. The van der Waals surface area contributed by atoms with Crippen LogP contribution in [0.3, 0.4) is 0 Å². The van der Waals surface area contributed by atoms with Gasteiger partial charge in [0.05, 0.1) is 0 Å². The first kappa shape index (κ1) is 14.9. The second kappa shape index (κ2) is 6.79. The number of anilines is 1. The molecule has 0 aliphatic rings. The molecule has 0 unspecified atom stereocenters. The molecule has 0 bridgehead atoms. The molecule has 0 saturated heterocycles. The summed E-state index contributed by atoms with van der Waals surface area (Å²) >= 11 is 0. The van der Waals surface area contributed by atoms with E-state index in [0.29, 0.717) is 11.4 Å². The summed E-state index contributed by atoms with van der Waals surface area (Å²) in [6, 6.07) is 12.8. The molecule has 0 radical (unpaired) electrons. The first-order valence-electron chi connectivity index (χ1n) is 6.88. The molecule has 1 heterocycles. The number of nitrogens with zero attached hydrogens (tertiary/aromatic N) is 1. The van der Waals surface area contributed by atoms with Gasteiger partial charge >= 0.3 is 0 Å². The molecule has 2 aromatic rings. The number of hydrogen-bond donors (Lipinski definition) is 1. The summed E-state index contributed by atoms with van der Waals surface area (Å²) in [6.45, 7) is 3.83. The van der Waals surface area contributed by atoms with Crippen molar-refractivity contribution in [1.82, 2.24) is 4.98 Å². The molecule has 21 heavy (non-hydrogen) atoms. The maximum absolute atomic E-state index is 12.0. The number of aryl methyl sites for hydroxylation is 2. The molecule has 108 valence electrons. The van der Waals surface area contributed by atoms with Crippen LogP contribution in [0.25, 0.3) is 0 Å². The number of carbonyl (C=O) groups excluding carboxylic acids is 2. The van der Waals surface area contributed by atoms with Gasteiger partial charge in [-0.25, -0.2) is 4.98 Å². The Morgan fingerprint density at radius 1 is 1.00 bits per heavy atom. The minimum absolute atomic E-state index is 0.0256. The molecular formula is C17H18N2O2. The van der Waals surface area contributed by atoms with Crippen molar-refractivity contribution in [2.45, 2.75) is 26.7 Å². The number of aromatic nitrogens is 1. The Kier molecular flexibility index (Phi) is 4.82. The van der Waals surface area contributed by atoms with Gasteiger partial charge in [0.1, 0.15) is 5.82 Å². The van der Waals surface area contributed by atoms with Crippen LogP contribution >= 0.6 is 0 Å². The van der Waals surface area contributed by atoms with E-state index in [0.717, 1.165) is 11.3 Å². The standard InChI is InChI=1S/C17H18N2O2/c1-12-6-8-14(9-7-12)15(20)10-11-17(21)19-16-5-3-4-13(2)18-16/h3-9H,10-11H2,1-2H3,(H,18,19,21). The Balaban J connectivity index is 1.86. The van der Waals surface area contributed by atoms with Gasteiger partial charge in [-0.3, -0.25) is 9.59 Å². The van der Waals surface area contributed by atoms with Crippen LogP contribution in [-0.2, 0) is 4.79 Å². The summed E-state index contributed by atoms with van der Waals surface area (Å²) in [6.07, 6.45) is 0.350. The minimum Gasteiger partial charge on any atom is -0.311 e. The molecule has 0 fully saturated rings. The molecule has 4 heteroatoms. The summed E-state index contributed by atoms with van der Waals surface area (Å²) in [5.74, 6) is 0.290. The highest BCUT2D eigenvalue weighted by molar-refractivity contribution is 5.99. The van der Waals surface area contributed by atoms with Crippen molar-refractivity contribution in [2.75, 3.05) is 5.32 Å². The van der Waals surface area contributed by atoms with E-state index in [9.17, 15) is 9.59 Å². The van der Waals surface area contributed by atoms with Crippen LogP contribution in [0.5, 0.6) is 0 Å². The average molecular weight is 282 g/mol. The lowest BCUT2D eigenvalue weighted by molar-refractivity contribution is -0.116. The van der Waals surface area contributed by atoms with E-state index in [4.69, 9.17) is 0 Å². The van der Waals surface area contributed by atoms with Gasteiger partial charge in [0.2, 0.25) is 5.91 Å². The van der Waals surface area contributed by atoms with E-state index in [1.54, 1.807) is 18.2 Å². The summed E-state index contributed by atoms with van der Waals surface area (Å²) in [4.78, 5) is 28.0. The first-order valence-corrected chi connectivity index (χ1v) is 6.88. The molecule has 0 spiro atoms. The van der Waals surface area contributed by atoms with Crippen molar-refractivity contribution in [2.24, 2.45) is 0 Å². The van der Waals surface area contributed by atoms with Crippen LogP contribution in [0.1, 0.15) is 34.5 Å². The number of Topliss-reactive ketones (excluding diaryl/α,β-unsaturated/α-hetero) is 1. The normalized spacial score (nSPS) is 10.2. The zero-order valence-electron chi connectivity index (χ0n) is 12.2. The fraction of sp³-hybridized carbons (Fsp3) is 0.235. The number of hydrogen-bond acceptors (Lipinski definition) is 3. The maximum atomic E-state index is 12.0. The van der Waals surface area contributed by atoms with Gasteiger partial charge in [0, 0.05) is 24.1 Å². The SMILES string of the molecule is Cc1ccc(C(=O)CCC(=O)Nc2cccc(C)n2)cc1. The second-order valence-electron chi connectivity index (χ2n) is 5.00. The third-order valence-electron chi connectivity index (χ3n) is 3.11.